The predicted molar refractivity (Wildman–Crippen MR) is 73.0 cm³/mol. The van der Waals surface area contributed by atoms with Crippen LogP contribution in [0.3, 0.4) is 0 Å². The zero-order chi connectivity index (χ0) is 12.8. The third-order valence-electron chi connectivity index (χ3n) is 2.93. The van der Waals surface area contributed by atoms with Gasteiger partial charge in [0.2, 0.25) is 0 Å². The van der Waals surface area contributed by atoms with Crippen molar-refractivity contribution in [3.05, 3.63) is 15.6 Å². The molecular weight excluding hydrogens is 232 g/mol. The number of hydrogen-bond acceptors (Lipinski definition) is 4. The van der Waals surface area contributed by atoms with Crippen LogP contribution in [0.25, 0.3) is 0 Å². The van der Waals surface area contributed by atoms with Gasteiger partial charge in [0.1, 0.15) is 0 Å². The van der Waals surface area contributed by atoms with Gasteiger partial charge in [0.15, 0.2) is 5.78 Å². The van der Waals surface area contributed by atoms with Crippen molar-refractivity contribution >= 4 is 17.1 Å². The second-order valence-corrected chi connectivity index (χ2v) is 5.15. The molecule has 0 saturated carbocycles. The topological polar surface area (TPSA) is 33.2 Å². The molecule has 96 valence electrons. The lowest BCUT2D eigenvalue weighted by Gasteiger charge is -2.16. The molecule has 3 nitrogen and oxygen atoms in total. The molecule has 1 aromatic rings. The molecule has 0 N–H and O–H groups in total. The van der Waals surface area contributed by atoms with E-state index in [2.05, 4.69) is 30.7 Å². The highest BCUT2D eigenvalue weighted by Crippen LogP contribution is 2.20. The van der Waals surface area contributed by atoms with Crippen LogP contribution >= 0.6 is 11.3 Å². The average Bonchev–Trinajstić information content (AvgIpc) is 2.74. The maximum absolute atomic E-state index is 11.4. The molecular formula is C13H22N2OS. The lowest BCUT2D eigenvalue weighted by atomic mass is 10.2. The Labute approximate surface area is 108 Å². The summed E-state index contributed by atoms with van der Waals surface area (Å²) in [5, 5.41) is 1.10. The number of thiazole rings is 1. The van der Waals surface area contributed by atoms with Crippen molar-refractivity contribution in [2.75, 3.05) is 19.6 Å². The first-order valence-electron chi connectivity index (χ1n) is 6.34. The van der Waals surface area contributed by atoms with Crippen molar-refractivity contribution in [1.82, 2.24) is 9.88 Å². The quantitative estimate of drug-likeness (QED) is 0.702. The van der Waals surface area contributed by atoms with Crippen molar-refractivity contribution in [2.45, 2.75) is 40.5 Å². The van der Waals surface area contributed by atoms with Crippen LogP contribution in [-0.2, 0) is 12.8 Å². The minimum Gasteiger partial charge on any atom is -0.303 e. The van der Waals surface area contributed by atoms with E-state index in [0.717, 1.165) is 48.1 Å². The number of nitrogens with zero attached hydrogens (tertiary/aromatic N) is 2. The van der Waals surface area contributed by atoms with Gasteiger partial charge in [-0.3, -0.25) is 4.79 Å². The normalized spacial score (nSPS) is 11.1. The molecule has 0 bridgehead atoms. The Kier molecular flexibility index (Phi) is 5.78. The Balaban J connectivity index is 2.69. The fraction of sp³-hybridized carbons (Fsp3) is 0.692. The van der Waals surface area contributed by atoms with Gasteiger partial charge in [-0.25, -0.2) is 4.98 Å². The maximum Gasteiger partial charge on any atom is 0.171 e. The highest BCUT2D eigenvalue weighted by Gasteiger charge is 2.13. The van der Waals surface area contributed by atoms with Crippen molar-refractivity contribution in [3.8, 4) is 0 Å². The number of aryl methyl sites for hydroxylation is 1. The number of carbonyl (C=O) groups is 1. The maximum atomic E-state index is 11.4. The first kappa shape index (κ1) is 14.3. The summed E-state index contributed by atoms with van der Waals surface area (Å²) in [6.07, 6.45) is 1.79. The minimum absolute atomic E-state index is 0.147. The molecule has 4 heteroatoms. The van der Waals surface area contributed by atoms with Crippen LogP contribution in [0.2, 0.25) is 0 Å². The van der Waals surface area contributed by atoms with Crippen LogP contribution in [0.15, 0.2) is 0 Å². The summed E-state index contributed by atoms with van der Waals surface area (Å²) in [4.78, 5) is 19.2. The number of likely N-dealkylation sites (N-methyl/N-ethyl adjacent to an activating group) is 1. The van der Waals surface area contributed by atoms with Crippen molar-refractivity contribution in [2.24, 2.45) is 0 Å². The largest absolute Gasteiger partial charge is 0.303 e. The molecule has 1 aromatic heterocycles. The van der Waals surface area contributed by atoms with Gasteiger partial charge in [0.25, 0.3) is 0 Å². The zero-order valence-electron chi connectivity index (χ0n) is 11.2. The van der Waals surface area contributed by atoms with Gasteiger partial charge in [-0.05, 0) is 19.5 Å². The van der Waals surface area contributed by atoms with Crippen LogP contribution in [0.1, 0.15) is 48.1 Å². The van der Waals surface area contributed by atoms with E-state index in [9.17, 15) is 4.79 Å². The van der Waals surface area contributed by atoms with Gasteiger partial charge >= 0.3 is 0 Å². The van der Waals surface area contributed by atoms with Crippen molar-refractivity contribution in [3.63, 3.8) is 0 Å². The van der Waals surface area contributed by atoms with E-state index in [-0.39, 0.29) is 5.78 Å². The number of Topliss-reactive ketones (excluding diaryl/α,β-unsaturated/α-hetero) is 1. The predicted octanol–water partition coefficient (Wildman–Crippen LogP) is 2.79. The van der Waals surface area contributed by atoms with Crippen LogP contribution in [-0.4, -0.2) is 35.3 Å². The van der Waals surface area contributed by atoms with E-state index in [0.29, 0.717) is 0 Å². The Morgan fingerprint density at radius 1 is 1.29 bits per heavy atom. The van der Waals surface area contributed by atoms with Crippen molar-refractivity contribution in [1.29, 1.82) is 0 Å². The molecule has 1 heterocycles. The summed E-state index contributed by atoms with van der Waals surface area (Å²) in [5.41, 5.74) is 0.969. The standard InChI is InChI=1S/C13H22N2OS/c1-5-11-13(10(4)16)17-12(14-11)8-9-15(6-2)7-3/h5-9H2,1-4H3. The molecule has 0 fully saturated rings. The Hall–Kier alpha value is -0.740. The molecule has 0 aliphatic carbocycles. The van der Waals surface area contributed by atoms with Gasteiger partial charge in [-0.1, -0.05) is 20.8 Å². The molecule has 0 spiro atoms. The minimum atomic E-state index is 0.147. The summed E-state index contributed by atoms with van der Waals surface area (Å²) in [6, 6.07) is 0. The van der Waals surface area contributed by atoms with E-state index in [4.69, 9.17) is 0 Å². The summed E-state index contributed by atoms with van der Waals surface area (Å²) in [7, 11) is 0. The first-order valence-corrected chi connectivity index (χ1v) is 7.15. The summed E-state index contributed by atoms with van der Waals surface area (Å²) >= 11 is 1.57. The van der Waals surface area contributed by atoms with E-state index in [1.165, 1.54) is 0 Å². The molecule has 1 rings (SSSR count). The van der Waals surface area contributed by atoms with E-state index < -0.39 is 0 Å². The number of carbonyl (C=O) groups excluding carboxylic acids is 1. The lowest BCUT2D eigenvalue weighted by Crippen LogP contribution is -2.25. The van der Waals surface area contributed by atoms with Gasteiger partial charge in [0.05, 0.1) is 15.6 Å². The van der Waals surface area contributed by atoms with Gasteiger partial charge in [0, 0.05) is 19.9 Å². The molecule has 0 saturated heterocycles. The second kappa shape index (κ2) is 6.87. The number of ketones is 1. The molecule has 0 unspecified atom stereocenters. The fourth-order valence-corrected chi connectivity index (χ4v) is 2.85. The van der Waals surface area contributed by atoms with E-state index >= 15 is 0 Å². The number of aromatic nitrogens is 1. The summed E-state index contributed by atoms with van der Waals surface area (Å²) in [6.45, 7) is 11.2. The zero-order valence-corrected chi connectivity index (χ0v) is 12.1. The third kappa shape index (κ3) is 3.89. The highest BCUT2D eigenvalue weighted by molar-refractivity contribution is 7.13. The van der Waals surface area contributed by atoms with Crippen LogP contribution < -0.4 is 0 Å². The monoisotopic (exact) mass is 254 g/mol. The van der Waals surface area contributed by atoms with Crippen LogP contribution in [0.5, 0.6) is 0 Å². The summed E-state index contributed by atoms with van der Waals surface area (Å²) in [5.74, 6) is 0.147. The van der Waals surface area contributed by atoms with Crippen LogP contribution in [0, 0.1) is 0 Å². The Bertz CT molecular complexity index is 369. The number of rotatable bonds is 7. The fourth-order valence-electron chi connectivity index (χ4n) is 1.82. The van der Waals surface area contributed by atoms with E-state index in [1.807, 2.05) is 0 Å². The molecule has 0 radical (unpaired) electrons. The average molecular weight is 254 g/mol. The summed E-state index contributed by atoms with van der Waals surface area (Å²) < 4.78 is 0. The molecule has 17 heavy (non-hydrogen) atoms. The lowest BCUT2D eigenvalue weighted by molar-refractivity contribution is 0.102. The highest BCUT2D eigenvalue weighted by atomic mass is 32.1. The molecule has 0 atom stereocenters. The molecule has 0 aliphatic heterocycles. The van der Waals surface area contributed by atoms with Crippen molar-refractivity contribution < 1.29 is 4.79 Å². The number of hydrogen-bond donors (Lipinski definition) is 0. The Morgan fingerprint density at radius 2 is 1.94 bits per heavy atom. The van der Waals surface area contributed by atoms with Gasteiger partial charge in [-0.2, -0.15) is 0 Å². The van der Waals surface area contributed by atoms with Gasteiger partial charge < -0.3 is 4.90 Å². The second-order valence-electron chi connectivity index (χ2n) is 4.07. The van der Waals surface area contributed by atoms with Crippen LogP contribution in [0.4, 0.5) is 0 Å². The third-order valence-corrected chi connectivity index (χ3v) is 4.19. The van der Waals surface area contributed by atoms with Gasteiger partial charge in [-0.15, -0.1) is 11.3 Å². The molecule has 0 aromatic carbocycles. The SMILES string of the molecule is CCc1nc(CCN(CC)CC)sc1C(C)=O. The van der Waals surface area contributed by atoms with E-state index in [1.54, 1.807) is 18.3 Å². The smallest absolute Gasteiger partial charge is 0.171 e. The Morgan fingerprint density at radius 3 is 2.35 bits per heavy atom. The molecule has 0 amide bonds. The first-order chi connectivity index (χ1) is 8.12. The molecule has 0 aliphatic rings.